The molecule has 0 radical (unpaired) electrons. The average Bonchev–Trinajstić information content (AvgIpc) is 3.03. The fourth-order valence-electron chi connectivity index (χ4n) is 4.25. The maximum Gasteiger partial charge on any atom is 0.332 e. The van der Waals surface area contributed by atoms with E-state index in [9.17, 15) is 23.6 Å². The summed E-state index contributed by atoms with van der Waals surface area (Å²) >= 11 is 0. The van der Waals surface area contributed by atoms with Gasteiger partial charge in [-0.3, -0.25) is 4.79 Å². The maximum absolute atomic E-state index is 14.6. The van der Waals surface area contributed by atoms with E-state index in [1.54, 1.807) is 32.0 Å². The summed E-state index contributed by atoms with van der Waals surface area (Å²) in [6.45, 7) is 4.95. The molecule has 3 aromatic rings. The Kier molecular flexibility index (Phi) is 6.81. The number of anilines is 1. The molecule has 0 N–H and O–H groups in total. The number of pyridine rings is 1. The second-order valence-electron chi connectivity index (χ2n) is 9.11. The lowest BCUT2D eigenvalue weighted by Crippen LogP contribution is -2.44. The molecule has 0 spiro atoms. The van der Waals surface area contributed by atoms with Gasteiger partial charge in [0.05, 0.1) is 17.9 Å². The molecular weight excluding hydrogens is 482 g/mol. The number of carbonyl (C=O) groups is 2. The largest absolute Gasteiger partial charge is 0.619 e. The Bertz CT molecular complexity index is 1420. The average molecular weight is 507 g/mol. The summed E-state index contributed by atoms with van der Waals surface area (Å²) in [7, 11) is 0. The number of urea groups is 1. The first-order chi connectivity index (χ1) is 17.6. The Morgan fingerprint density at radius 1 is 1.11 bits per heavy atom. The van der Waals surface area contributed by atoms with Gasteiger partial charge >= 0.3 is 6.03 Å². The topological polar surface area (TPSA) is 101 Å². The third-order valence-corrected chi connectivity index (χ3v) is 6.39. The predicted molar refractivity (Wildman–Crippen MR) is 130 cm³/mol. The Labute approximate surface area is 212 Å². The lowest BCUT2D eigenvalue weighted by molar-refractivity contribution is -0.605. The van der Waals surface area contributed by atoms with Gasteiger partial charge in [-0.1, -0.05) is 0 Å². The van der Waals surface area contributed by atoms with Crippen LogP contribution in [0.1, 0.15) is 31.4 Å². The number of aromatic nitrogens is 1. The normalized spacial score (nSPS) is 14.7. The highest BCUT2D eigenvalue weighted by Gasteiger charge is 2.52. The monoisotopic (exact) mass is 506 g/mol. The molecule has 1 aliphatic rings. The third-order valence-electron chi connectivity index (χ3n) is 6.39. The molecule has 1 aromatic heterocycles. The first kappa shape index (κ1) is 25.6. The molecule has 8 nitrogen and oxygen atoms in total. The van der Waals surface area contributed by atoms with Crippen LogP contribution in [0.4, 0.5) is 19.3 Å². The highest BCUT2D eigenvalue weighted by atomic mass is 19.1. The van der Waals surface area contributed by atoms with Crippen LogP contribution in [0.2, 0.25) is 0 Å². The molecule has 1 saturated heterocycles. The molecule has 3 amide bonds. The fourth-order valence-corrected chi connectivity index (χ4v) is 4.25. The minimum absolute atomic E-state index is 0.0370. The Morgan fingerprint density at radius 2 is 1.81 bits per heavy atom. The van der Waals surface area contributed by atoms with Crippen molar-refractivity contribution in [1.29, 1.82) is 5.26 Å². The first-order valence-corrected chi connectivity index (χ1v) is 11.5. The summed E-state index contributed by atoms with van der Waals surface area (Å²) < 4.78 is 35.3. The second kappa shape index (κ2) is 9.85. The number of amides is 3. The number of benzene rings is 2. The van der Waals surface area contributed by atoms with Crippen molar-refractivity contribution in [2.45, 2.75) is 32.7 Å². The molecule has 190 valence electrons. The van der Waals surface area contributed by atoms with Crippen molar-refractivity contribution in [3.63, 3.8) is 0 Å². The van der Waals surface area contributed by atoms with Crippen molar-refractivity contribution in [3.8, 4) is 22.9 Å². The number of rotatable bonds is 7. The zero-order valence-electron chi connectivity index (χ0n) is 20.5. The molecule has 0 unspecified atom stereocenters. The van der Waals surface area contributed by atoms with Gasteiger partial charge < -0.3 is 14.8 Å². The third kappa shape index (κ3) is 4.68. The summed E-state index contributed by atoms with van der Waals surface area (Å²) in [5, 5.41) is 20.2. The molecule has 4 rings (SSSR count). The fraction of sp³-hybridized carbons (Fsp3) is 0.259. The number of nitriles is 1. The van der Waals surface area contributed by atoms with Gasteiger partial charge in [-0.25, -0.2) is 18.5 Å². The number of nitrogens with zero attached hydrogens (tertiary/aromatic N) is 4. The lowest BCUT2D eigenvalue weighted by atomic mass is 10.0. The highest BCUT2D eigenvalue weighted by Crippen LogP contribution is 2.35. The molecular formula is C27H24F2N4O4. The zero-order chi connectivity index (χ0) is 26.9. The van der Waals surface area contributed by atoms with E-state index >= 15 is 0 Å². The molecule has 0 atom stereocenters. The summed E-state index contributed by atoms with van der Waals surface area (Å²) in [5.41, 5.74) is -0.340. The molecule has 2 aromatic carbocycles. The molecule has 0 aliphatic carbocycles. The summed E-state index contributed by atoms with van der Waals surface area (Å²) in [6, 6.07) is 11.2. The molecule has 37 heavy (non-hydrogen) atoms. The van der Waals surface area contributed by atoms with E-state index in [-0.39, 0.29) is 30.0 Å². The van der Waals surface area contributed by atoms with Crippen LogP contribution in [0, 0.1) is 35.1 Å². The zero-order valence-corrected chi connectivity index (χ0v) is 20.5. The standard InChI is InChI=1S/C27H24F2N4O4/c1-17-23(8-5-19(16-30)24(17)29)33-25(34)27(2,3)32(26(33)35)11-4-14-37-20-6-7-21(22(28)15-20)18-9-12-31(36)13-10-18/h5-10,12-13,15H,4,11,14H2,1-3H3. The lowest BCUT2D eigenvalue weighted by Gasteiger charge is -2.27. The predicted octanol–water partition coefficient (Wildman–Crippen LogP) is 4.46. The minimum atomic E-state index is -1.18. The van der Waals surface area contributed by atoms with Gasteiger partial charge in [-0.2, -0.15) is 9.99 Å². The van der Waals surface area contributed by atoms with Crippen LogP contribution in [0.3, 0.4) is 0 Å². The van der Waals surface area contributed by atoms with Crippen LogP contribution in [-0.2, 0) is 4.79 Å². The van der Waals surface area contributed by atoms with E-state index in [2.05, 4.69) is 0 Å². The van der Waals surface area contributed by atoms with Crippen LogP contribution in [-0.4, -0.2) is 35.5 Å². The van der Waals surface area contributed by atoms with E-state index in [4.69, 9.17) is 10.00 Å². The Hall–Kier alpha value is -4.52. The van der Waals surface area contributed by atoms with Crippen LogP contribution in [0.5, 0.6) is 5.75 Å². The van der Waals surface area contributed by atoms with Gasteiger partial charge in [-0.05, 0) is 57.0 Å². The van der Waals surface area contributed by atoms with E-state index in [1.165, 1.54) is 54.5 Å². The summed E-state index contributed by atoms with van der Waals surface area (Å²) in [5.74, 6) is -1.50. The molecule has 2 heterocycles. The van der Waals surface area contributed by atoms with Crippen LogP contribution < -0.4 is 14.4 Å². The smallest absolute Gasteiger partial charge is 0.332 e. The highest BCUT2D eigenvalue weighted by molar-refractivity contribution is 6.23. The summed E-state index contributed by atoms with van der Waals surface area (Å²) in [4.78, 5) is 28.6. The first-order valence-electron chi connectivity index (χ1n) is 11.5. The van der Waals surface area contributed by atoms with Gasteiger partial charge in [-0.15, -0.1) is 0 Å². The molecule has 1 aliphatic heterocycles. The summed E-state index contributed by atoms with van der Waals surface area (Å²) in [6.07, 6.45) is 2.92. The molecule has 1 fully saturated rings. The van der Waals surface area contributed by atoms with E-state index in [1.807, 2.05) is 0 Å². The quantitative estimate of drug-likeness (QED) is 0.204. The SMILES string of the molecule is Cc1c(N2C(=O)N(CCCOc3ccc(-c4cc[n+]([O-])cc4)c(F)c3)C(C)(C)C2=O)ccc(C#N)c1F. The van der Waals surface area contributed by atoms with Gasteiger partial charge in [0.15, 0.2) is 12.4 Å². The number of ether oxygens (including phenoxy) is 1. The number of imide groups is 1. The Balaban J connectivity index is 1.41. The van der Waals surface area contributed by atoms with Crippen LogP contribution >= 0.6 is 0 Å². The minimum Gasteiger partial charge on any atom is -0.619 e. The number of carbonyl (C=O) groups excluding carboxylic acids is 2. The van der Waals surface area contributed by atoms with Crippen molar-refractivity contribution in [1.82, 2.24) is 4.90 Å². The van der Waals surface area contributed by atoms with Crippen LogP contribution in [0.25, 0.3) is 11.1 Å². The van der Waals surface area contributed by atoms with Crippen molar-refractivity contribution in [2.75, 3.05) is 18.1 Å². The van der Waals surface area contributed by atoms with Gasteiger partial charge in [0.2, 0.25) is 0 Å². The molecule has 0 saturated carbocycles. The van der Waals surface area contributed by atoms with Gasteiger partial charge in [0, 0.05) is 35.9 Å². The maximum atomic E-state index is 14.6. The Morgan fingerprint density at radius 3 is 2.46 bits per heavy atom. The van der Waals surface area contributed by atoms with Crippen molar-refractivity contribution in [2.24, 2.45) is 0 Å². The van der Waals surface area contributed by atoms with Crippen molar-refractivity contribution >= 4 is 17.6 Å². The van der Waals surface area contributed by atoms with E-state index in [0.29, 0.717) is 28.0 Å². The molecule has 0 bridgehead atoms. The van der Waals surface area contributed by atoms with E-state index in [0.717, 1.165) is 4.90 Å². The van der Waals surface area contributed by atoms with Gasteiger partial charge in [0.25, 0.3) is 5.91 Å². The number of halogens is 2. The van der Waals surface area contributed by atoms with Crippen molar-refractivity contribution in [3.05, 3.63) is 82.8 Å². The number of hydrogen-bond acceptors (Lipinski definition) is 5. The van der Waals surface area contributed by atoms with Crippen molar-refractivity contribution < 1.29 is 27.8 Å². The van der Waals surface area contributed by atoms with E-state index < -0.39 is 29.1 Å². The number of hydrogen-bond donors (Lipinski definition) is 0. The van der Waals surface area contributed by atoms with Crippen LogP contribution in [0.15, 0.2) is 54.9 Å². The molecule has 10 heteroatoms. The second-order valence-corrected chi connectivity index (χ2v) is 9.11. The van der Waals surface area contributed by atoms with Gasteiger partial charge in [0.1, 0.15) is 29.0 Å².